The summed E-state index contributed by atoms with van der Waals surface area (Å²) in [7, 11) is 0. The Bertz CT molecular complexity index is 322. The zero-order chi connectivity index (χ0) is 14.5. The number of carbonyl (C=O) groups excluding carboxylic acids is 1. The van der Waals surface area contributed by atoms with Crippen LogP contribution in [-0.2, 0) is 9.53 Å². The quantitative estimate of drug-likeness (QED) is 0.780. The molecule has 2 aliphatic rings. The summed E-state index contributed by atoms with van der Waals surface area (Å²) >= 11 is 0. The summed E-state index contributed by atoms with van der Waals surface area (Å²) < 4.78 is 5.76. The second kappa shape index (κ2) is 7.41. The molecule has 20 heavy (non-hydrogen) atoms. The highest BCUT2D eigenvalue weighted by Gasteiger charge is 2.40. The summed E-state index contributed by atoms with van der Waals surface area (Å²) in [6, 6.07) is 0.0438. The summed E-state index contributed by atoms with van der Waals surface area (Å²) in [4.78, 5) is 14.7. The second-order valence-corrected chi connectivity index (χ2v) is 6.14. The molecule has 2 rings (SSSR count). The molecule has 2 fully saturated rings. The van der Waals surface area contributed by atoms with Gasteiger partial charge in [0.05, 0.1) is 18.3 Å². The average molecular weight is 282 g/mol. The van der Waals surface area contributed by atoms with Crippen LogP contribution in [0.25, 0.3) is 0 Å². The molecule has 1 N–H and O–H groups in total. The zero-order valence-corrected chi connectivity index (χ0v) is 13.2. The van der Waals surface area contributed by atoms with Gasteiger partial charge in [-0.05, 0) is 25.7 Å². The molecular weight excluding hydrogens is 252 g/mol. The summed E-state index contributed by atoms with van der Waals surface area (Å²) in [5.41, 5.74) is 0. The molecule has 2 aliphatic heterocycles. The highest BCUT2D eigenvalue weighted by atomic mass is 16.5. The third-order valence-corrected chi connectivity index (χ3v) is 4.76. The van der Waals surface area contributed by atoms with E-state index in [0.717, 1.165) is 51.7 Å². The Labute approximate surface area is 123 Å². The monoisotopic (exact) mass is 282 g/mol. The molecular formula is C16H30N2O2. The molecule has 0 bridgehead atoms. The van der Waals surface area contributed by atoms with Gasteiger partial charge >= 0.3 is 0 Å². The lowest BCUT2D eigenvalue weighted by Crippen LogP contribution is -2.41. The van der Waals surface area contributed by atoms with Crippen molar-refractivity contribution in [1.29, 1.82) is 0 Å². The summed E-state index contributed by atoms with van der Waals surface area (Å²) in [6.45, 7) is 8.23. The standard InChI is InChI=1S/C16H30N2O2/c1-4-7-8-13-16(19)18(15(6-3)17-13)11-12-9-10-20-14(12)5-2/h12-15,17H,4-11H2,1-3H3. The predicted octanol–water partition coefficient (Wildman–Crippen LogP) is 2.53. The molecule has 0 aliphatic carbocycles. The van der Waals surface area contributed by atoms with E-state index in [4.69, 9.17) is 4.74 Å². The molecule has 2 saturated heterocycles. The third-order valence-electron chi connectivity index (χ3n) is 4.76. The number of unbranched alkanes of at least 4 members (excludes halogenated alkanes) is 1. The minimum atomic E-state index is 0.0438. The number of rotatable bonds is 7. The van der Waals surface area contributed by atoms with E-state index in [9.17, 15) is 4.79 Å². The van der Waals surface area contributed by atoms with Crippen LogP contribution in [0.3, 0.4) is 0 Å². The van der Waals surface area contributed by atoms with Gasteiger partial charge in [0.1, 0.15) is 0 Å². The van der Waals surface area contributed by atoms with Crippen molar-refractivity contribution in [2.75, 3.05) is 13.2 Å². The Morgan fingerprint density at radius 1 is 1.30 bits per heavy atom. The molecule has 4 atom stereocenters. The highest BCUT2D eigenvalue weighted by Crippen LogP contribution is 2.27. The maximum absolute atomic E-state index is 12.6. The van der Waals surface area contributed by atoms with Crippen LogP contribution in [0.2, 0.25) is 0 Å². The highest BCUT2D eigenvalue weighted by molar-refractivity contribution is 5.84. The smallest absolute Gasteiger partial charge is 0.241 e. The molecule has 0 aromatic carbocycles. The van der Waals surface area contributed by atoms with Crippen LogP contribution >= 0.6 is 0 Å². The van der Waals surface area contributed by atoms with E-state index in [0.29, 0.717) is 17.9 Å². The van der Waals surface area contributed by atoms with Gasteiger partial charge in [0, 0.05) is 19.1 Å². The van der Waals surface area contributed by atoms with Crippen molar-refractivity contribution in [2.45, 2.75) is 77.6 Å². The maximum Gasteiger partial charge on any atom is 0.241 e. The molecule has 0 aromatic heterocycles. The van der Waals surface area contributed by atoms with E-state index in [1.165, 1.54) is 0 Å². The number of hydrogen-bond donors (Lipinski definition) is 1. The van der Waals surface area contributed by atoms with Crippen molar-refractivity contribution >= 4 is 5.91 Å². The van der Waals surface area contributed by atoms with Crippen molar-refractivity contribution in [2.24, 2.45) is 5.92 Å². The number of hydrogen-bond acceptors (Lipinski definition) is 3. The lowest BCUT2D eigenvalue weighted by Gasteiger charge is -2.28. The fourth-order valence-electron chi connectivity index (χ4n) is 3.52. The first-order chi connectivity index (χ1) is 9.71. The van der Waals surface area contributed by atoms with Gasteiger partial charge in [0.15, 0.2) is 0 Å². The number of carbonyl (C=O) groups is 1. The Morgan fingerprint density at radius 2 is 2.10 bits per heavy atom. The summed E-state index contributed by atoms with van der Waals surface area (Å²) in [5, 5.41) is 3.52. The number of nitrogens with one attached hydrogen (secondary N) is 1. The molecule has 4 heteroatoms. The van der Waals surface area contributed by atoms with E-state index < -0.39 is 0 Å². The Morgan fingerprint density at radius 3 is 2.75 bits per heavy atom. The molecule has 0 saturated carbocycles. The van der Waals surface area contributed by atoms with Crippen molar-refractivity contribution in [3.8, 4) is 0 Å². The van der Waals surface area contributed by atoms with Gasteiger partial charge in [-0.1, -0.05) is 33.6 Å². The van der Waals surface area contributed by atoms with Crippen molar-refractivity contribution in [3.63, 3.8) is 0 Å². The van der Waals surface area contributed by atoms with Gasteiger partial charge in [0.25, 0.3) is 0 Å². The zero-order valence-electron chi connectivity index (χ0n) is 13.2. The van der Waals surface area contributed by atoms with Crippen molar-refractivity contribution < 1.29 is 9.53 Å². The van der Waals surface area contributed by atoms with E-state index >= 15 is 0 Å². The first-order valence-corrected chi connectivity index (χ1v) is 8.39. The van der Waals surface area contributed by atoms with Crippen molar-refractivity contribution in [3.05, 3.63) is 0 Å². The molecule has 0 aromatic rings. The first kappa shape index (κ1) is 15.8. The molecule has 2 heterocycles. The average Bonchev–Trinajstić information content (AvgIpc) is 3.03. The molecule has 0 radical (unpaired) electrons. The molecule has 1 amide bonds. The first-order valence-electron chi connectivity index (χ1n) is 8.39. The Balaban J connectivity index is 1.96. The van der Waals surface area contributed by atoms with Gasteiger partial charge in [-0.3, -0.25) is 10.1 Å². The predicted molar refractivity (Wildman–Crippen MR) is 80.4 cm³/mol. The molecule has 0 spiro atoms. The fourth-order valence-corrected chi connectivity index (χ4v) is 3.52. The van der Waals surface area contributed by atoms with Gasteiger partial charge in [-0.25, -0.2) is 0 Å². The summed E-state index contributed by atoms with van der Waals surface area (Å²) in [5.74, 6) is 0.830. The van der Waals surface area contributed by atoms with Crippen LogP contribution in [0.15, 0.2) is 0 Å². The normalized spacial score (nSPS) is 34.1. The summed E-state index contributed by atoms with van der Waals surface area (Å²) in [6.07, 6.45) is 6.94. The number of nitrogens with zero attached hydrogens (tertiary/aromatic N) is 1. The Kier molecular flexibility index (Phi) is 5.85. The fraction of sp³-hybridized carbons (Fsp3) is 0.938. The van der Waals surface area contributed by atoms with E-state index in [2.05, 4.69) is 31.0 Å². The van der Waals surface area contributed by atoms with Gasteiger partial charge in [0.2, 0.25) is 5.91 Å². The van der Waals surface area contributed by atoms with Crippen LogP contribution in [-0.4, -0.2) is 42.3 Å². The van der Waals surface area contributed by atoms with E-state index in [1.807, 2.05) is 0 Å². The lowest BCUT2D eigenvalue weighted by atomic mass is 9.98. The molecule has 116 valence electrons. The number of ether oxygens (including phenoxy) is 1. The second-order valence-electron chi connectivity index (χ2n) is 6.14. The lowest BCUT2D eigenvalue weighted by molar-refractivity contribution is -0.131. The van der Waals surface area contributed by atoms with Crippen LogP contribution in [0.4, 0.5) is 0 Å². The van der Waals surface area contributed by atoms with Crippen LogP contribution in [0.1, 0.15) is 59.3 Å². The third kappa shape index (κ3) is 3.34. The van der Waals surface area contributed by atoms with Gasteiger partial charge in [-0.2, -0.15) is 0 Å². The largest absolute Gasteiger partial charge is 0.378 e. The minimum absolute atomic E-state index is 0.0438. The molecule has 4 nitrogen and oxygen atoms in total. The Hall–Kier alpha value is -0.610. The van der Waals surface area contributed by atoms with Crippen molar-refractivity contribution in [1.82, 2.24) is 10.2 Å². The van der Waals surface area contributed by atoms with Crippen LogP contribution in [0, 0.1) is 5.92 Å². The van der Waals surface area contributed by atoms with E-state index in [-0.39, 0.29) is 12.2 Å². The number of amides is 1. The van der Waals surface area contributed by atoms with Gasteiger partial charge in [-0.15, -0.1) is 0 Å². The minimum Gasteiger partial charge on any atom is -0.378 e. The SMILES string of the molecule is CCCCC1NC(CC)N(CC2CCOC2CC)C1=O. The molecule has 4 unspecified atom stereocenters. The van der Waals surface area contributed by atoms with E-state index in [1.54, 1.807) is 0 Å². The topological polar surface area (TPSA) is 41.6 Å². The van der Waals surface area contributed by atoms with Gasteiger partial charge < -0.3 is 9.64 Å². The maximum atomic E-state index is 12.6. The van der Waals surface area contributed by atoms with Crippen LogP contribution in [0.5, 0.6) is 0 Å². The van der Waals surface area contributed by atoms with Crippen LogP contribution < -0.4 is 5.32 Å².